The fourth-order valence-electron chi connectivity index (χ4n) is 3.68. The van der Waals surface area contributed by atoms with Crippen molar-refractivity contribution in [3.8, 4) is 11.5 Å². The van der Waals surface area contributed by atoms with Crippen molar-refractivity contribution in [3.05, 3.63) is 92.7 Å². The van der Waals surface area contributed by atoms with Crippen LogP contribution in [0, 0.1) is 5.82 Å². The van der Waals surface area contributed by atoms with Crippen molar-refractivity contribution in [1.29, 1.82) is 0 Å². The maximum atomic E-state index is 14.7. The molecule has 0 bridgehead atoms. The van der Waals surface area contributed by atoms with E-state index in [1.807, 2.05) is 31.2 Å². The van der Waals surface area contributed by atoms with Gasteiger partial charge in [-0.2, -0.15) is 0 Å². The molecule has 0 saturated heterocycles. The Bertz CT molecular complexity index is 1120. The number of aliphatic imine (C=N–C) groups is 1. The molecule has 4 rings (SSSR count). The molecule has 0 fully saturated rings. The van der Waals surface area contributed by atoms with Crippen molar-refractivity contribution in [2.24, 2.45) is 4.99 Å². The predicted molar refractivity (Wildman–Crippen MR) is 125 cm³/mol. The lowest BCUT2D eigenvalue weighted by Crippen LogP contribution is -2.33. The Morgan fingerprint density at radius 3 is 2.65 bits per heavy atom. The van der Waals surface area contributed by atoms with Gasteiger partial charge >= 0.3 is 0 Å². The minimum absolute atomic E-state index is 0.128. The summed E-state index contributed by atoms with van der Waals surface area (Å²) < 4.78 is 21.0. The number of nitrogens with zero attached hydrogens (tertiary/aromatic N) is 1. The highest BCUT2D eigenvalue weighted by Gasteiger charge is 2.29. The summed E-state index contributed by atoms with van der Waals surface area (Å²) in [6.45, 7) is 2.52. The van der Waals surface area contributed by atoms with E-state index >= 15 is 0 Å². The van der Waals surface area contributed by atoms with E-state index in [2.05, 4.69) is 21.2 Å². The van der Waals surface area contributed by atoms with Crippen LogP contribution >= 0.6 is 27.5 Å². The van der Waals surface area contributed by atoms with Crippen molar-refractivity contribution in [2.75, 3.05) is 6.61 Å². The van der Waals surface area contributed by atoms with E-state index in [1.165, 1.54) is 6.07 Å². The Morgan fingerprint density at radius 1 is 1.13 bits per heavy atom. The van der Waals surface area contributed by atoms with E-state index in [0.29, 0.717) is 29.2 Å². The van der Waals surface area contributed by atoms with Gasteiger partial charge in [0.1, 0.15) is 23.5 Å². The molecular formula is C24H21BrClFN2O2. The fourth-order valence-corrected chi connectivity index (χ4v) is 4.24. The van der Waals surface area contributed by atoms with Gasteiger partial charge in [-0.15, -0.1) is 0 Å². The van der Waals surface area contributed by atoms with Gasteiger partial charge in [-0.3, -0.25) is 10.3 Å². The largest absolute Gasteiger partial charge is 0.508 e. The third kappa shape index (κ3) is 4.92. The molecule has 0 saturated carbocycles. The number of phenolic OH excluding ortho intramolecular Hbond substituents is 1. The minimum atomic E-state index is -0.629. The molecule has 0 spiro atoms. The van der Waals surface area contributed by atoms with Crippen LogP contribution in [0.2, 0.25) is 5.02 Å². The van der Waals surface area contributed by atoms with Crippen molar-refractivity contribution in [2.45, 2.75) is 25.6 Å². The van der Waals surface area contributed by atoms with Crippen LogP contribution in [0.4, 0.5) is 4.39 Å². The molecule has 160 valence electrons. The van der Waals surface area contributed by atoms with Crippen LogP contribution in [0.25, 0.3) is 0 Å². The highest BCUT2D eigenvalue weighted by molar-refractivity contribution is 9.10. The SMILES string of the molecule is CCOc1ccc(C2=N[C@H](c3cc(Br)ccc3F)N[C@H](c3cc(Cl)ccc3O)C2)cc1. The molecule has 2 atom stereocenters. The molecule has 0 aliphatic carbocycles. The summed E-state index contributed by atoms with van der Waals surface area (Å²) >= 11 is 9.60. The second kappa shape index (κ2) is 9.39. The van der Waals surface area contributed by atoms with Crippen LogP contribution in [-0.4, -0.2) is 17.4 Å². The topological polar surface area (TPSA) is 53.8 Å². The molecule has 1 heterocycles. The lowest BCUT2D eigenvalue weighted by Gasteiger charge is -2.31. The fraction of sp³-hybridized carbons (Fsp3) is 0.208. The lowest BCUT2D eigenvalue weighted by molar-refractivity contribution is 0.340. The maximum Gasteiger partial charge on any atom is 0.129 e. The first-order chi connectivity index (χ1) is 14.9. The van der Waals surface area contributed by atoms with Crippen molar-refractivity contribution >= 4 is 33.2 Å². The number of hydrogen-bond acceptors (Lipinski definition) is 4. The average molecular weight is 504 g/mol. The monoisotopic (exact) mass is 502 g/mol. The van der Waals surface area contributed by atoms with Gasteiger partial charge < -0.3 is 9.84 Å². The standard InChI is InChI=1S/C24H21BrClFN2O2/c1-2-31-17-7-3-14(4-8-17)21-13-22(19-12-16(26)6-10-23(19)30)29-24(28-21)18-11-15(25)5-9-20(18)27/h3-12,22,24,29-30H,2,13H2,1H3/t22-,24-/m0/s1. The molecule has 0 amide bonds. The summed E-state index contributed by atoms with van der Waals surface area (Å²) in [4.78, 5) is 4.82. The van der Waals surface area contributed by atoms with Gasteiger partial charge in [0.05, 0.1) is 6.61 Å². The smallest absolute Gasteiger partial charge is 0.129 e. The van der Waals surface area contributed by atoms with E-state index in [1.54, 1.807) is 30.3 Å². The molecule has 3 aromatic rings. The summed E-state index contributed by atoms with van der Waals surface area (Å²) in [5, 5.41) is 14.3. The first-order valence-electron chi connectivity index (χ1n) is 9.94. The zero-order valence-electron chi connectivity index (χ0n) is 16.8. The highest BCUT2D eigenvalue weighted by Crippen LogP contribution is 2.37. The Labute approximate surface area is 193 Å². The van der Waals surface area contributed by atoms with E-state index in [0.717, 1.165) is 21.5 Å². The highest BCUT2D eigenvalue weighted by atomic mass is 79.9. The van der Waals surface area contributed by atoms with Crippen molar-refractivity contribution in [1.82, 2.24) is 5.32 Å². The second-order valence-corrected chi connectivity index (χ2v) is 8.58. The molecule has 1 aliphatic heterocycles. The molecule has 1 aliphatic rings. The number of benzene rings is 3. The van der Waals surface area contributed by atoms with Crippen LogP contribution in [0.1, 0.15) is 42.2 Å². The van der Waals surface area contributed by atoms with Gasteiger partial charge in [0.2, 0.25) is 0 Å². The Hall–Kier alpha value is -2.41. The van der Waals surface area contributed by atoms with Gasteiger partial charge in [0, 0.05) is 38.8 Å². The van der Waals surface area contributed by atoms with Crippen LogP contribution < -0.4 is 10.1 Å². The maximum absolute atomic E-state index is 14.7. The number of phenols is 1. The first-order valence-corrected chi connectivity index (χ1v) is 11.1. The molecular weight excluding hydrogens is 483 g/mol. The van der Waals surface area contributed by atoms with Crippen LogP contribution in [0.5, 0.6) is 11.5 Å². The van der Waals surface area contributed by atoms with Crippen LogP contribution in [0.15, 0.2) is 70.1 Å². The number of ether oxygens (including phenoxy) is 1. The zero-order valence-corrected chi connectivity index (χ0v) is 19.1. The molecule has 0 aromatic heterocycles. The number of halogens is 3. The quantitative estimate of drug-likeness (QED) is 0.414. The lowest BCUT2D eigenvalue weighted by atomic mass is 9.93. The summed E-state index contributed by atoms with van der Waals surface area (Å²) in [7, 11) is 0. The van der Waals surface area contributed by atoms with Crippen molar-refractivity contribution < 1.29 is 14.2 Å². The van der Waals surface area contributed by atoms with Crippen molar-refractivity contribution in [3.63, 3.8) is 0 Å². The third-order valence-electron chi connectivity index (χ3n) is 5.16. The van der Waals surface area contributed by atoms with Crippen LogP contribution in [0.3, 0.4) is 0 Å². The average Bonchev–Trinajstić information content (AvgIpc) is 2.77. The summed E-state index contributed by atoms with van der Waals surface area (Å²) in [6.07, 6.45) is -0.121. The number of rotatable bonds is 5. The van der Waals surface area contributed by atoms with Gasteiger partial charge in [-0.1, -0.05) is 27.5 Å². The number of nitrogens with one attached hydrogen (secondary N) is 1. The van der Waals surface area contributed by atoms with Gasteiger partial charge in [0.15, 0.2) is 0 Å². The third-order valence-corrected chi connectivity index (χ3v) is 5.89. The van der Waals surface area contributed by atoms with E-state index in [4.69, 9.17) is 21.3 Å². The van der Waals surface area contributed by atoms with Gasteiger partial charge in [-0.05, 0) is 73.2 Å². The summed E-state index contributed by atoms with van der Waals surface area (Å²) in [6, 6.07) is 17.1. The number of aromatic hydroxyl groups is 1. The van der Waals surface area contributed by atoms with E-state index in [9.17, 15) is 9.50 Å². The molecule has 0 unspecified atom stereocenters. The van der Waals surface area contributed by atoms with E-state index < -0.39 is 6.17 Å². The summed E-state index contributed by atoms with van der Waals surface area (Å²) in [5.41, 5.74) is 2.78. The zero-order chi connectivity index (χ0) is 22.0. The molecule has 7 heteroatoms. The van der Waals surface area contributed by atoms with E-state index in [-0.39, 0.29) is 17.6 Å². The Kier molecular flexibility index (Phi) is 6.60. The second-order valence-electron chi connectivity index (χ2n) is 7.23. The van der Waals surface area contributed by atoms with Gasteiger partial charge in [-0.25, -0.2) is 4.39 Å². The Morgan fingerprint density at radius 2 is 1.90 bits per heavy atom. The van der Waals surface area contributed by atoms with Gasteiger partial charge in [0.25, 0.3) is 0 Å². The minimum Gasteiger partial charge on any atom is -0.508 e. The Balaban J connectivity index is 1.77. The van der Waals surface area contributed by atoms with Crippen LogP contribution in [-0.2, 0) is 0 Å². The number of hydrogen-bond donors (Lipinski definition) is 2. The molecule has 3 aromatic carbocycles. The summed E-state index contributed by atoms with van der Waals surface area (Å²) in [5.74, 6) is 0.550. The molecule has 31 heavy (non-hydrogen) atoms. The first kappa shape index (κ1) is 21.8. The molecule has 0 radical (unpaired) electrons. The predicted octanol–water partition coefficient (Wildman–Crippen LogP) is 6.57. The molecule has 2 N–H and O–H groups in total. The molecule has 4 nitrogen and oxygen atoms in total. The normalized spacial score (nSPS) is 18.5.